The van der Waals surface area contributed by atoms with E-state index < -0.39 is 29.3 Å². The summed E-state index contributed by atoms with van der Waals surface area (Å²) < 4.78 is 10.2. The van der Waals surface area contributed by atoms with Crippen LogP contribution < -0.4 is 10.1 Å². The third-order valence-electron chi connectivity index (χ3n) is 4.65. The molecule has 1 amide bonds. The van der Waals surface area contributed by atoms with Gasteiger partial charge in [0.2, 0.25) is 0 Å². The van der Waals surface area contributed by atoms with Crippen molar-refractivity contribution in [2.45, 2.75) is 26.2 Å². The van der Waals surface area contributed by atoms with Crippen LogP contribution in [0.1, 0.15) is 31.7 Å². The monoisotopic (exact) mass is 400 g/mol. The number of hydrogen-bond donors (Lipinski definition) is 1. The van der Waals surface area contributed by atoms with Crippen molar-refractivity contribution in [1.29, 1.82) is 0 Å². The van der Waals surface area contributed by atoms with Crippen LogP contribution in [-0.2, 0) is 14.3 Å². The maximum Gasteiger partial charge on any atom is 0.314 e. The minimum absolute atomic E-state index is 0.00150. The first-order valence-corrected chi connectivity index (χ1v) is 9.21. The van der Waals surface area contributed by atoms with Gasteiger partial charge < -0.3 is 14.8 Å². The van der Waals surface area contributed by atoms with E-state index in [1.54, 1.807) is 0 Å². The lowest BCUT2D eigenvalue weighted by Gasteiger charge is -2.21. The Bertz CT molecular complexity index is 869. The molecule has 0 aliphatic rings. The zero-order chi connectivity index (χ0) is 21.4. The first-order chi connectivity index (χ1) is 13.9. The van der Waals surface area contributed by atoms with Crippen molar-refractivity contribution in [3.05, 3.63) is 64.2 Å². The van der Waals surface area contributed by atoms with Crippen molar-refractivity contribution in [1.82, 2.24) is 0 Å². The van der Waals surface area contributed by atoms with Crippen LogP contribution in [0.3, 0.4) is 0 Å². The molecule has 2 aromatic carbocycles. The minimum Gasteiger partial charge on any atom is -0.496 e. The summed E-state index contributed by atoms with van der Waals surface area (Å²) in [6, 6.07) is 13.3. The van der Waals surface area contributed by atoms with Crippen LogP contribution in [0.2, 0.25) is 0 Å². The van der Waals surface area contributed by atoms with Crippen molar-refractivity contribution in [2.75, 3.05) is 19.0 Å². The number of carbonyl (C=O) groups excluding carboxylic acids is 2. The maximum absolute atomic E-state index is 12.6. The van der Waals surface area contributed by atoms with Gasteiger partial charge in [-0.15, -0.1) is 0 Å². The van der Waals surface area contributed by atoms with Gasteiger partial charge in [-0.25, -0.2) is 0 Å². The summed E-state index contributed by atoms with van der Waals surface area (Å²) in [5, 5.41) is 13.6. The highest BCUT2D eigenvalue weighted by Gasteiger charge is 2.28. The van der Waals surface area contributed by atoms with E-state index in [2.05, 4.69) is 5.32 Å². The highest BCUT2D eigenvalue weighted by atomic mass is 16.6. The average molecular weight is 400 g/mol. The molecular weight excluding hydrogens is 376 g/mol. The van der Waals surface area contributed by atoms with Crippen LogP contribution >= 0.6 is 0 Å². The number of nitrogens with one attached hydrogen (secondary N) is 1. The summed E-state index contributed by atoms with van der Waals surface area (Å²) in [5.41, 5.74) is 0.502. The molecule has 8 nitrogen and oxygen atoms in total. The number of ether oxygens (including phenoxy) is 2. The van der Waals surface area contributed by atoms with E-state index in [0.29, 0.717) is 5.75 Å². The molecule has 1 N–H and O–H groups in total. The predicted octanol–water partition coefficient (Wildman–Crippen LogP) is 3.92. The lowest BCUT2D eigenvalue weighted by atomic mass is 9.86. The van der Waals surface area contributed by atoms with E-state index >= 15 is 0 Å². The fourth-order valence-electron chi connectivity index (χ4n) is 2.90. The van der Waals surface area contributed by atoms with Gasteiger partial charge >= 0.3 is 5.97 Å². The second-order valence-electron chi connectivity index (χ2n) is 6.57. The van der Waals surface area contributed by atoms with Gasteiger partial charge in [-0.1, -0.05) is 50.6 Å². The van der Waals surface area contributed by atoms with Gasteiger partial charge in [-0.3, -0.25) is 19.7 Å². The molecule has 0 spiro atoms. The normalized spacial score (nSPS) is 12.5. The number of carbonyl (C=O) groups is 2. The molecule has 0 fully saturated rings. The van der Waals surface area contributed by atoms with E-state index in [-0.39, 0.29) is 17.3 Å². The number of nitrogens with zero attached hydrogens (tertiary/aromatic N) is 1. The van der Waals surface area contributed by atoms with Gasteiger partial charge in [0.1, 0.15) is 11.4 Å². The molecule has 2 aromatic rings. The molecule has 0 radical (unpaired) electrons. The molecule has 0 saturated carbocycles. The topological polar surface area (TPSA) is 108 Å². The number of hydrogen-bond acceptors (Lipinski definition) is 6. The first-order valence-electron chi connectivity index (χ1n) is 9.21. The quantitative estimate of drug-likeness (QED) is 0.388. The van der Waals surface area contributed by atoms with E-state index in [4.69, 9.17) is 9.47 Å². The minimum atomic E-state index is -0.664. The molecule has 0 unspecified atom stereocenters. The van der Waals surface area contributed by atoms with Crippen molar-refractivity contribution < 1.29 is 24.0 Å². The first kappa shape index (κ1) is 21.9. The molecule has 0 aliphatic carbocycles. The maximum atomic E-state index is 12.6. The molecule has 0 saturated heterocycles. The highest BCUT2D eigenvalue weighted by molar-refractivity contribution is 5.95. The summed E-state index contributed by atoms with van der Waals surface area (Å²) >= 11 is 0. The Morgan fingerprint density at radius 1 is 1.17 bits per heavy atom. The molecule has 0 heterocycles. The summed E-state index contributed by atoms with van der Waals surface area (Å²) in [4.78, 5) is 35.4. The number of anilines is 1. The second kappa shape index (κ2) is 10.2. The number of nitro groups is 1. The van der Waals surface area contributed by atoms with Gasteiger partial charge in [0.05, 0.1) is 24.0 Å². The molecule has 8 heteroatoms. The van der Waals surface area contributed by atoms with Gasteiger partial charge in [0.15, 0.2) is 6.61 Å². The van der Waals surface area contributed by atoms with Gasteiger partial charge in [-0.05, 0) is 23.6 Å². The molecule has 0 bridgehead atoms. The zero-order valence-electron chi connectivity index (χ0n) is 16.6. The van der Waals surface area contributed by atoms with E-state index in [9.17, 15) is 19.7 Å². The standard InChI is InChI=1S/C21H24N2O6/c1-4-14(2)20(15-8-6-5-7-9-15)21(25)29-13-19(24)22-17-11-10-16(28-3)12-18(17)23(26)27/h5-12,14,20H,4,13H2,1-3H3,(H,22,24)/t14-,20-/m1/s1. The number of benzene rings is 2. The number of nitro benzene ring substituents is 1. The Labute approximate surface area is 169 Å². The summed E-state index contributed by atoms with van der Waals surface area (Å²) in [5.74, 6) is -1.35. The Kier molecular flexibility index (Phi) is 7.70. The van der Waals surface area contributed by atoms with Gasteiger partial charge in [0, 0.05) is 0 Å². The lowest BCUT2D eigenvalue weighted by Crippen LogP contribution is -2.27. The fraction of sp³-hybridized carbons (Fsp3) is 0.333. The SMILES string of the molecule is CC[C@@H](C)[C@@H](C(=O)OCC(=O)Nc1ccc(OC)cc1[N+](=O)[O-])c1ccccc1. The predicted molar refractivity (Wildman–Crippen MR) is 108 cm³/mol. The van der Waals surface area contributed by atoms with Crippen molar-refractivity contribution in [2.24, 2.45) is 5.92 Å². The third kappa shape index (κ3) is 5.78. The van der Waals surface area contributed by atoms with Crippen molar-refractivity contribution in [3.8, 4) is 5.75 Å². The summed E-state index contributed by atoms with van der Waals surface area (Å²) in [6.45, 7) is 3.38. The Hall–Kier alpha value is -3.42. The Morgan fingerprint density at radius 3 is 2.45 bits per heavy atom. The fourth-order valence-corrected chi connectivity index (χ4v) is 2.90. The summed E-state index contributed by atoms with van der Waals surface area (Å²) in [7, 11) is 1.39. The molecule has 154 valence electrons. The van der Waals surface area contributed by atoms with Gasteiger partial charge in [-0.2, -0.15) is 0 Å². The Balaban J connectivity index is 2.06. The largest absolute Gasteiger partial charge is 0.496 e. The van der Waals surface area contributed by atoms with Gasteiger partial charge in [0.25, 0.3) is 11.6 Å². The number of methoxy groups -OCH3 is 1. The Morgan fingerprint density at radius 2 is 1.86 bits per heavy atom. The van der Waals surface area contributed by atoms with Crippen LogP contribution in [0.15, 0.2) is 48.5 Å². The molecule has 0 aromatic heterocycles. The van der Waals surface area contributed by atoms with Crippen LogP contribution in [0.5, 0.6) is 5.75 Å². The van der Waals surface area contributed by atoms with Crippen molar-refractivity contribution in [3.63, 3.8) is 0 Å². The number of esters is 1. The smallest absolute Gasteiger partial charge is 0.314 e. The van der Waals surface area contributed by atoms with E-state index in [0.717, 1.165) is 12.0 Å². The van der Waals surface area contributed by atoms with Crippen LogP contribution in [0.25, 0.3) is 0 Å². The molecule has 2 rings (SSSR count). The number of rotatable bonds is 9. The summed E-state index contributed by atoms with van der Waals surface area (Å²) in [6.07, 6.45) is 0.763. The molecule has 2 atom stereocenters. The van der Waals surface area contributed by atoms with E-state index in [1.165, 1.54) is 25.3 Å². The van der Waals surface area contributed by atoms with E-state index in [1.807, 2.05) is 44.2 Å². The molecule has 29 heavy (non-hydrogen) atoms. The number of amides is 1. The average Bonchev–Trinajstić information content (AvgIpc) is 2.73. The van der Waals surface area contributed by atoms with Crippen LogP contribution in [0, 0.1) is 16.0 Å². The lowest BCUT2D eigenvalue weighted by molar-refractivity contribution is -0.384. The third-order valence-corrected chi connectivity index (χ3v) is 4.65. The molecular formula is C21H24N2O6. The molecule has 0 aliphatic heterocycles. The second-order valence-corrected chi connectivity index (χ2v) is 6.57. The van der Waals surface area contributed by atoms with Crippen LogP contribution in [0.4, 0.5) is 11.4 Å². The highest BCUT2D eigenvalue weighted by Crippen LogP contribution is 2.30. The van der Waals surface area contributed by atoms with Crippen molar-refractivity contribution >= 4 is 23.3 Å². The zero-order valence-corrected chi connectivity index (χ0v) is 16.6. The van der Waals surface area contributed by atoms with Crippen LogP contribution in [-0.4, -0.2) is 30.5 Å².